The van der Waals surface area contributed by atoms with Gasteiger partial charge in [-0.1, -0.05) is 17.7 Å². The molecule has 0 radical (unpaired) electrons. The van der Waals surface area contributed by atoms with E-state index in [1.807, 2.05) is 12.1 Å². The van der Waals surface area contributed by atoms with E-state index in [0.717, 1.165) is 36.1 Å². The van der Waals surface area contributed by atoms with Crippen molar-refractivity contribution in [1.29, 1.82) is 0 Å². The van der Waals surface area contributed by atoms with Crippen LogP contribution in [0.4, 0.5) is 0 Å². The summed E-state index contributed by atoms with van der Waals surface area (Å²) in [6.45, 7) is 0. The summed E-state index contributed by atoms with van der Waals surface area (Å²) in [6.07, 6.45) is 3.53. The average molecular weight is 299 g/mol. The summed E-state index contributed by atoms with van der Waals surface area (Å²) in [4.78, 5) is 4.58. The first-order valence-corrected chi connectivity index (χ1v) is 7.40. The highest BCUT2D eigenvalue weighted by Crippen LogP contribution is 2.36. The molecule has 3 nitrogen and oxygen atoms in total. The number of nitrogens with zero attached hydrogens (tertiary/aromatic N) is 2. The van der Waals surface area contributed by atoms with Gasteiger partial charge in [-0.15, -0.1) is 11.6 Å². The molecule has 0 bridgehead atoms. The maximum Gasteiger partial charge on any atom is 0.125 e. The third-order valence-corrected chi connectivity index (χ3v) is 4.46. The number of alkyl halides is 1. The van der Waals surface area contributed by atoms with Crippen LogP contribution in [0.25, 0.3) is 11.0 Å². The summed E-state index contributed by atoms with van der Waals surface area (Å²) in [7, 11) is 1.78. The molecule has 0 amide bonds. The minimum absolute atomic E-state index is 0.338. The van der Waals surface area contributed by atoms with Crippen LogP contribution in [0, 0.1) is 0 Å². The number of para-hydroxylation sites is 1. The molecule has 1 saturated carbocycles. The van der Waals surface area contributed by atoms with Crippen molar-refractivity contribution >= 4 is 34.2 Å². The predicted molar refractivity (Wildman–Crippen MR) is 78.0 cm³/mol. The highest BCUT2D eigenvalue weighted by atomic mass is 35.5. The summed E-state index contributed by atoms with van der Waals surface area (Å²) in [5.74, 6) is 1.30. The molecule has 0 spiro atoms. The Morgan fingerprint density at radius 2 is 2.26 bits per heavy atom. The summed E-state index contributed by atoms with van der Waals surface area (Å²) >= 11 is 12.3. The van der Waals surface area contributed by atoms with E-state index >= 15 is 0 Å². The second-order valence-electron chi connectivity index (χ2n) is 4.96. The number of halogens is 2. The van der Waals surface area contributed by atoms with Gasteiger partial charge in [0.05, 0.1) is 22.5 Å². The van der Waals surface area contributed by atoms with Gasteiger partial charge in [0.25, 0.3) is 0 Å². The molecule has 0 N–H and O–H groups in total. The van der Waals surface area contributed by atoms with Crippen molar-refractivity contribution in [2.45, 2.75) is 37.3 Å². The standard InChI is InChI=1S/C14H16Cl2N2O/c1-19-10-6-5-9(7-10)18-12-4-2-3-11(16)14(12)17-13(18)8-15/h2-4,9-10H,5-8H2,1H3. The average Bonchev–Trinajstić information content (AvgIpc) is 3.02. The van der Waals surface area contributed by atoms with Crippen LogP contribution in [-0.2, 0) is 10.6 Å². The van der Waals surface area contributed by atoms with Crippen LogP contribution in [0.5, 0.6) is 0 Å². The lowest BCUT2D eigenvalue weighted by atomic mass is 10.2. The molecule has 0 saturated heterocycles. The van der Waals surface area contributed by atoms with E-state index < -0.39 is 0 Å². The molecule has 1 fully saturated rings. The molecule has 1 heterocycles. The minimum Gasteiger partial charge on any atom is -0.381 e. The fraction of sp³-hybridized carbons (Fsp3) is 0.500. The van der Waals surface area contributed by atoms with Gasteiger partial charge in [-0.25, -0.2) is 4.98 Å². The van der Waals surface area contributed by atoms with Gasteiger partial charge < -0.3 is 9.30 Å². The lowest BCUT2D eigenvalue weighted by Gasteiger charge is -2.16. The summed E-state index contributed by atoms with van der Waals surface area (Å²) in [5.41, 5.74) is 1.92. The highest BCUT2D eigenvalue weighted by Gasteiger charge is 2.28. The lowest BCUT2D eigenvalue weighted by molar-refractivity contribution is 0.106. The van der Waals surface area contributed by atoms with Crippen molar-refractivity contribution in [3.8, 4) is 0 Å². The molecule has 3 rings (SSSR count). The molecular weight excluding hydrogens is 283 g/mol. The number of rotatable bonds is 3. The van der Waals surface area contributed by atoms with Gasteiger partial charge in [0.15, 0.2) is 0 Å². The van der Waals surface area contributed by atoms with Crippen molar-refractivity contribution in [3.05, 3.63) is 29.0 Å². The molecular formula is C14H16Cl2N2O. The molecule has 2 aromatic rings. The van der Waals surface area contributed by atoms with Crippen LogP contribution in [0.2, 0.25) is 5.02 Å². The summed E-state index contributed by atoms with van der Waals surface area (Å²) in [6, 6.07) is 6.29. The smallest absolute Gasteiger partial charge is 0.125 e. The van der Waals surface area contributed by atoms with E-state index in [1.165, 1.54) is 0 Å². The quantitative estimate of drug-likeness (QED) is 0.795. The molecule has 0 aliphatic heterocycles. The van der Waals surface area contributed by atoms with Crippen molar-refractivity contribution in [3.63, 3.8) is 0 Å². The van der Waals surface area contributed by atoms with E-state index in [0.29, 0.717) is 23.0 Å². The molecule has 1 aromatic heterocycles. The summed E-state index contributed by atoms with van der Waals surface area (Å²) in [5, 5.41) is 0.684. The van der Waals surface area contributed by atoms with E-state index in [2.05, 4.69) is 15.6 Å². The number of ether oxygens (including phenoxy) is 1. The first-order valence-electron chi connectivity index (χ1n) is 6.48. The SMILES string of the molecule is COC1CCC(n2c(CCl)nc3c(Cl)cccc32)C1. The third kappa shape index (κ3) is 2.24. The number of fused-ring (bicyclic) bond motifs is 1. The Labute approximate surface area is 122 Å². The minimum atomic E-state index is 0.338. The summed E-state index contributed by atoms with van der Waals surface area (Å²) < 4.78 is 7.70. The van der Waals surface area contributed by atoms with Crippen molar-refractivity contribution in [1.82, 2.24) is 9.55 Å². The Balaban J connectivity index is 2.09. The zero-order valence-corrected chi connectivity index (χ0v) is 12.3. The molecule has 1 aliphatic carbocycles. The maximum absolute atomic E-state index is 6.22. The third-order valence-electron chi connectivity index (χ3n) is 3.92. The van der Waals surface area contributed by atoms with E-state index in [9.17, 15) is 0 Å². The maximum atomic E-state index is 6.22. The van der Waals surface area contributed by atoms with Gasteiger partial charge in [-0.3, -0.25) is 0 Å². The fourth-order valence-corrected chi connectivity index (χ4v) is 3.40. The Hall–Kier alpha value is -0.770. The van der Waals surface area contributed by atoms with Crippen molar-refractivity contribution in [2.24, 2.45) is 0 Å². The van der Waals surface area contributed by atoms with Gasteiger partial charge in [-0.2, -0.15) is 0 Å². The van der Waals surface area contributed by atoms with Crippen molar-refractivity contribution < 1.29 is 4.74 Å². The number of methoxy groups -OCH3 is 1. The van der Waals surface area contributed by atoms with Crippen LogP contribution in [0.3, 0.4) is 0 Å². The van der Waals surface area contributed by atoms with Crippen LogP contribution < -0.4 is 0 Å². The van der Waals surface area contributed by atoms with Crippen LogP contribution in [0.15, 0.2) is 18.2 Å². The molecule has 102 valence electrons. The fourth-order valence-electron chi connectivity index (χ4n) is 3.00. The van der Waals surface area contributed by atoms with Crippen LogP contribution >= 0.6 is 23.2 Å². The number of hydrogen-bond acceptors (Lipinski definition) is 2. The first kappa shape index (κ1) is 13.2. The lowest BCUT2D eigenvalue weighted by Crippen LogP contribution is -2.11. The second-order valence-corrected chi connectivity index (χ2v) is 5.64. The number of imidazole rings is 1. The predicted octanol–water partition coefficient (Wildman–Crippen LogP) is 4.17. The largest absolute Gasteiger partial charge is 0.381 e. The van der Waals surface area contributed by atoms with Gasteiger partial charge in [0.2, 0.25) is 0 Å². The van der Waals surface area contributed by atoms with Gasteiger partial charge in [-0.05, 0) is 31.4 Å². The van der Waals surface area contributed by atoms with Gasteiger partial charge in [0, 0.05) is 13.2 Å². The monoisotopic (exact) mass is 298 g/mol. The van der Waals surface area contributed by atoms with Gasteiger partial charge in [0.1, 0.15) is 11.3 Å². The van der Waals surface area contributed by atoms with E-state index in [4.69, 9.17) is 27.9 Å². The zero-order chi connectivity index (χ0) is 13.4. The van der Waals surface area contributed by atoms with E-state index in [1.54, 1.807) is 7.11 Å². The normalized spacial score (nSPS) is 23.3. The molecule has 5 heteroatoms. The van der Waals surface area contributed by atoms with Crippen molar-refractivity contribution in [2.75, 3.05) is 7.11 Å². The number of hydrogen-bond donors (Lipinski definition) is 0. The van der Waals surface area contributed by atoms with Gasteiger partial charge >= 0.3 is 0 Å². The molecule has 2 atom stereocenters. The molecule has 2 unspecified atom stereocenters. The van der Waals surface area contributed by atoms with Crippen LogP contribution in [-0.4, -0.2) is 22.8 Å². The molecule has 1 aromatic carbocycles. The molecule has 19 heavy (non-hydrogen) atoms. The topological polar surface area (TPSA) is 27.1 Å². The Kier molecular flexibility index (Phi) is 3.70. The highest BCUT2D eigenvalue weighted by molar-refractivity contribution is 6.35. The Bertz CT molecular complexity index is 596. The second kappa shape index (κ2) is 5.31. The number of aromatic nitrogens is 2. The zero-order valence-electron chi connectivity index (χ0n) is 10.8. The Morgan fingerprint density at radius 1 is 1.42 bits per heavy atom. The Morgan fingerprint density at radius 3 is 2.95 bits per heavy atom. The molecule has 1 aliphatic rings. The number of benzene rings is 1. The van der Waals surface area contributed by atoms with Crippen LogP contribution in [0.1, 0.15) is 31.1 Å². The first-order chi connectivity index (χ1) is 9.24. The van der Waals surface area contributed by atoms with E-state index in [-0.39, 0.29) is 0 Å².